The van der Waals surface area contributed by atoms with Crippen molar-refractivity contribution in [2.45, 2.75) is 51.6 Å². The third-order valence-electron chi connectivity index (χ3n) is 6.42. The van der Waals surface area contributed by atoms with E-state index in [1.54, 1.807) is 12.1 Å². The van der Waals surface area contributed by atoms with Crippen molar-refractivity contribution in [3.63, 3.8) is 0 Å². The van der Waals surface area contributed by atoms with Gasteiger partial charge in [-0.2, -0.15) is 26.3 Å². The van der Waals surface area contributed by atoms with E-state index < -0.39 is 42.2 Å². The van der Waals surface area contributed by atoms with Crippen LogP contribution in [-0.4, -0.2) is 23.2 Å². The molecule has 0 radical (unpaired) electrons. The molecule has 3 rings (SSSR count). The number of rotatable bonds is 7. The first-order valence-corrected chi connectivity index (χ1v) is 11.9. The van der Waals surface area contributed by atoms with Crippen LogP contribution in [0, 0.1) is 0 Å². The van der Waals surface area contributed by atoms with E-state index in [1.807, 2.05) is 19.9 Å². The van der Waals surface area contributed by atoms with Gasteiger partial charge in [-0.1, -0.05) is 26.0 Å². The highest BCUT2D eigenvalue weighted by atomic mass is 19.4. The Morgan fingerprint density at radius 3 is 2.08 bits per heavy atom. The van der Waals surface area contributed by atoms with Gasteiger partial charge in [-0.3, -0.25) is 4.90 Å². The van der Waals surface area contributed by atoms with Gasteiger partial charge < -0.3 is 15.6 Å². The quantitative estimate of drug-likeness (QED) is 0.227. The summed E-state index contributed by atoms with van der Waals surface area (Å²) in [6.45, 7) is 4.70. The fourth-order valence-electron chi connectivity index (χ4n) is 4.33. The smallest absolute Gasteiger partial charge is 0.416 e. The van der Waals surface area contributed by atoms with Gasteiger partial charge >= 0.3 is 18.4 Å². The lowest BCUT2D eigenvalue weighted by molar-refractivity contribution is -0.138. The number of nitrogen functional groups attached to an aromatic ring is 1. The number of amides is 1. The van der Waals surface area contributed by atoms with Crippen molar-refractivity contribution in [3.8, 4) is 16.9 Å². The number of hydrogen-bond donors (Lipinski definition) is 2. The van der Waals surface area contributed by atoms with Crippen LogP contribution < -0.4 is 10.5 Å². The lowest BCUT2D eigenvalue weighted by Crippen LogP contribution is -2.32. The van der Waals surface area contributed by atoms with Crippen LogP contribution in [0.2, 0.25) is 0 Å². The monoisotopic (exact) mass is 554 g/mol. The Bertz CT molecular complexity index is 1350. The van der Waals surface area contributed by atoms with Crippen LogP contribution in [0.3, 0.4) is 0 Å². The maximum Gasteiger partial charge on any atom is 0.416 e. The number of hydrogen-bond acceptors (Lipinski definition) is 3. The molecule has 0 fully saturated rings. The second-order valence-corrected chi connectivity index (χ2v) is 9.46. The molecule has 11 heteroatoms. The van der Waals surface area contributed by atoms with E-state index >= 15 is 0 Å². The van der Waals surface area contributed by atoms with Gasteiger partial charge in [0.25, 0.3) is 0 Å². The van der Waals surface area contributed by atoms with E-state index in [1.165, 1.54) is 26.2 Å². The van der Waals surface area contributed by atoms with E-state index in [4.69, 9.17) is 10.5 Å². The van der Waals surface area contributed by atoms with E-state index in [-0.39, 0.29) is 22.7 Å². The number of benzene rings is 3. The Morgan fingerprint density at radius 1 is 0.897 bits per heavy atom. The van der Waals surface area contributed by atoms with Crippen LogP contribution in [0.25, 0.3) is 11.1 Å². The molecule has 0 bridgehead atoms. The van der Waals surface area contributed by atoms with E-state index in [0.717, 1.165) is 34.7 Å². The fourth-order valence-corrected chi connectivity index (χ4v) is 4.33. The minimum absolute atomic E-state index is 0.00591. The third kappa shape index (κ3) is 6.76. The molecule has 1 amide bonds. The first-order valence-electron chi connectivity index (χ1n) is 11.9. The third-order valence-corrected chi connectivity index (χ3v) is 6.42. The summed E-state index contributed by atoms with van der Waals surface area (Å²) in [6.07, 6.45) is -11.0. The summed E-state index contributed by atoms with van der Waals surface area (Å²) in [6, 6.07) is 9.74. The summed E-state index contributed by atoms with van der Waals surface area (Å²) in [5.74, 6) is 0.437. The van der Waals surface area contributed by atoms with Crippen molar-refractivity contribution in [2.24, 2.45) is 0 Å². The van der Waals surface area contributed by atoms with E-state index in [0.29, 0.717) is 16.9 Å². The van der Waals surface area contributed by atoms with Crippen molar-refractivity contribution in [3.05, 3.63) is 82.4 Å². The average molecular weight is 555 g/mol. The van der Waals surface area contributed by atoms with Gasteiger partial charge in [0.05, 0.1) is 24.3 Å². The summed E-state index contributed by atoms with van der Waals surface area (Å²) < 4.78 is 86.6. The molecule has 0 saturated heterocycles. The summed E-state index contributed by atoms with van der Waals surface area (Å²) in [5.41, 5.74) is 4.90. The molecule has 3 aromatic rings. The molecule has 5 nitrogen and oxygen atoms in total. The van der Waals surface area contributed by atoms with Crippen LogP contribution in [0.4, 0.5) is 36.8 Å². The molecule has 0 aliphatic rings. The highest BCUT2D eigenvalue weighted by molar-refractivity contribution is 5.76. The van der Waals surface area contributed by atoms with Crippen molar-refractivity contribution >= 4 is 11.8 Å². The number of carbonyl (C=O) groups is 1. The summed E-state index contributed by atoms with van der Waals surface area (Å²) in [7, 11) is 1.41. The molecular formula is C28H28F6N2O3. The number of halogens is 6. The number of nitrogens with two attached hydrogens (primary N) is 1. The Labute approximate surface area is 221 Å². The SMILES string of the molecule is COc1ccc(C(C)C)cc1-c1ccc(C(F)(F)F)cc1C(C)N(Cc1cc(N)cc(C(F)(F)F)c1)C(=O)O. The number of alkyl halides is 6. The molecule has 3 aromatic carbocycles. The van der Waals surface area contributed by atoms with Gasteiger partial charge in [-0.15, -0.1) is 0 Å². The normalized spacial score (nSPS) is 12.9. The highest BCUT2D eigenvalue weighted by Gasteiger charge is 2.34. The topological polar surface area (TPSA) is 75.8 Å². The standard InChI is InChI=1S/C28H28F6N2O3/c1-15(2)18-5-8-25(39-4)24(11-18)22-7-6-19(27(29,30)31)13-23(22)16(3)36(26(37)38)14-17-9-20(28(32,33)34)12-21(35)10-17/h5-13,15-16H,14,35H2,1-4H3,(H,37,38). The summed E-state index contributed by atoms with van der Waals surface area (Å²) in [4.78, 5) is 13.1. The van der Waals surface area contributed by atoms with Crippen LogP contribution in [0.15, 0.2) is 54.6 Å². The molecule has 210 valence electrons. The van der Waals surface area contributed by atoms with Gasteiger partial charge in [0, 0.05) is 17.8 Å². The highest BCUT2D eigenvalue weighted by Crippen LogP contribution is 2.42. The predicted octanol–water partition coefficient (Wildman–Crippen LogP) is 8.35. The Hall–Kier alpha value is -3.89. The Morgan fingerprint density at radius 2 is 1.54 bits per heavy atom. The lowest BCUT2D eigenvalue weighted by atomic mass is 9.89. The fraction of sp³-hybridized carbons (Fsp3) is 0.321. The molecule has 1 unspecified atom stereocenters. The molecule has 3 N–H and O–H groups in total. The Balaban J connectivity index is 2.20. The minimum atomic E-state index is -4.73. The average Bonchev–Trinajstić information content (AvgIpc) is 2.84. The van der Waals surface area contributed by atoms with Gasteiger partial charge in [0.2, 0.25) is 0 Å². The van der Waals surface area contributed by atoms with Gasteiger partial charge in [-0.25, -0.2) is 4.79 Å². The van der Waals surface area contributed by atoms with Gasteiger partial charge in [0.1, 0.15) is 5.75 Å². The summed E-state index contributed by atoms with van der Waals surface area (Å²) >= 11 is 0. The summed E-state index contributed by atoms with van der Waals surface area (Å²) in [5, 5.41) is 10.00. The number of nitrogens with zero attached hydrogens (tertiary/aromatic N) is 1. The van der Waals surface area contributed by atoms with Crippen molar-refractivity contribution < 1.29 is 41.0 Å². The lowest BCUT2D eigenvalue weighted by Gasteiger charge is -2.30. The molecular weight excluding hydrogens is 526 g/mol. The minimum Gasteiger partial charge on any atom is -0.496 e. The molecule has 0 spiro atoms. The van der Waals surface area contributed by atoms with Crippen LogP contribution in [0.5, 0.6) is 5.75 Å². The molecule has 0 aliphatic heterocycles. The Kier molecular flexibility index (Phi) is 8.42. The van der Waals surface area contributed by atoms with E-state index in [2.05, 4.69) is 0 Å². The van der Waals surface area contributed by atoms with Crippen molar-refractivity contribution in [2.75, 3.05) is 12.8 Å². The zero-order valence-corrected chi connectivity index (χ0v) is 21.6. The molecule has 0 aromatic heterocycles. The first kappa shape index (κ1) is 29.7. The van der Waals surface area contributed by atoms with Crippen LogP contribution >= 0.6 is 0 Å². The zero-order valence-electron chi connectivity index (χ0n) is 21.6. The second kappa shape index (κ2) is 11.1. The molecule has 0 heterocycles. The number of anilines is 1. The van der Waals surface area contributed by atoms with Crippen molar-refractivity contribution in [1.82, 2.24) is 4.90 Å². The van der Waals surface area contributed by atoms with E-state index in [9.17, 15) is 36.2 Å². The molecule has 0 aliphatic carbocycles. The predicted molar refractivity (Wildman–Crippen MR) is 135 cm³/mol. The van der Waals surface area contributed by atoms with Gasteiger partial charge in [-0.05, 0) is 77.6 Å². The molecule has 0 saturated carbocycles. The largest absolute Gasteiger partial charge is 0.496 e. The number of ether oxygens (including phenoxy) is 1. The number of carboxylic acid groups (broad SMARTS) is 1. The first-order chi connectivity index (χ1) is 18.0. The van der Waals surface area contributed by atoms with Crippen LogP contribution in [0.1, 0.15) is 60.5 Å². The van der Waals surface area contributed by atoms with Gasteiger partial charge in [0.15, 0.2) is 0 Å². The van der Waals surface area contributed by atoms with Crippen molar-refractivity contribution in [1.29, 1.82) is 0 Å². The second-order valence-electron chi connectivity index (χ2n) is 9.46. The molecule has 1 atom stereocenters. The maximum atomic E-state index is 13.7. The van der Waals surface area contributed by atoms with Crippen LogP contribution in [-0.2, 0) is 18.9 Å². The maximum absolute atomic E-state index is 13.7. The molecule has 39 heavy (non-hydrogen) atoms. The number of methoxy groups -OCH3 is 1. The zero-order chi connectivity index (χ0) is 29.3.